The fourth-order valence-electron chi connectivity index (χ4n) is 8.03. The number of alkyl halides is 6. The van der Waals surface area contributed by atoms with E-state index in [1.165, 1.54) is 6.07 Å². The number of pyridine rings is 1. The minimum atomic E-state index is -4.88. The van der Waals surface area contributed by atoms with Gasteiger partial charge in [-0.2, -0.15) is 31.6 Å². The van der Waals surface area contributed by atoms with Crippen molar-refractivity contribution in [3.05, 3.63) is 47.8 Å². The van der Waals surface area contributed by atoms with Crippen molar-refractivity contribution in [2.75, 3.05) is 54.9 Å². The molecule has 2 atom stereocenters. The first-order valence-electron chi connectivity index (χ1n) is 19.1. The summed E-state index contributed by atoms with van der Waals surface area (Å²) in [5.74, 6) is -2.00. The van der Waals surface area contributed by atoms with E-state index in [0.29, 0.717) is 49.5 Å². The van der Waals surface area contributed by atoms with Gasteiger partial charge in [-0.25, -0.2) is 4.98 Å². The molecule has 3 N–H and O–H groups in total. The highest BCUT2D eigenvalue weighted by Gasteiger charge is 2.53. The van der Waals surface area contributed by atoms with Gasteiger partial charge >= 0.3 is 12.4 Å². The maximum Gasteiger partial charge on any atom is 0.419 e. The summed E-state index contributed by atoms with van der Waals surface area (Å²) in [5, 5.41) is 17.0. The van der Waals surface area contributed by atoms with Gasteiger partial charge in [0.1, 0.15) is 23.7 Å². The molecule has 0 spiro atoms. The smallest absolute Gasteiger partial charge is 0.377 e. The lowest BCUT2D eigenvalue weighted by atomic mass is 9.89. The van der Waals surface area contributed by atoms with Crippen LogP contribution < -0.4 is 20.9 Å². The van der Waals surface area contributed by atoms with Gasteiger partial charge in [0.25, 0.3) is 5.91 Å². The van der Waals surface area contributed by atoms with Crippen molar-refractivity contribution in [1.29, 1.82) is 5.26 Å². The third kappa shape index (κ3) is 9.94. The molecular weight excluding hydrogens is 809 g/mol. The van der Waals surface area contributed by atoms with E-state index in [9.17, 15) is 45.5 Å². The number of ether oxygens (including phenoxy) is 1. The number of rotatable bonds is 11. The first kappa shape index (κ1) is 43.7. The number of hydrogen-bond donors (Lipinski definition) is 3. The van der Waals surface area contributed by atoms with Gasteiger partial charge in [0, 0.05) is 50.0 Å². The van der Waals surface area contributed by atoms with Gasteiger partial charge in [0.15, 0.2) is 10.8 Å². The fourth-order valence-corrected chi connectivity index (χ4v) is 8.60. The molecule has 14 nitrogen and oxygen atoms in total. The third-order valence-corrected chi connectivity index (χ3v) is 11.4. The Morgan fingerprint density at radius 3 is 2.42 bits per heavy atom. The number of carbonyl (C=O) groups excluding carboxylic acids is 4. The number of piperazine rings is 1. The monoisotopic (exact) mass is 851 g/mol. The maximum atomic E-state index is 14.3. The van der Waals surface area contributed by atoms with Gasteiger partial charge in [-0.05, 0) is 82.4 Å². The zero-order chi connectivity index (χ0) is 42.9. The van der Waals surface area contributed by atoms with Gasteiger partial charge in [-0.1, -0.05) is 6.07 Å². The molecule has 21 heteroatoms. The Bertz CT molecular complexity index is 2000. The summed E-state index contributed by atoms with van der Waals surface area (Å²) >= 11 is 5.65. The van der Waals surface area contributed by atoms with Gasteiger partial charge in [0.2, 0.25) is 17.7 Å². The van der Waals surface area contributed by atoms with Gasteiger partial charge in [0.05, 0.1) is 36.7 Å². The number of benzene rings is 1. The van der Waals surface area contributed by atoms with E-state index in [1.807, 2.05) is 0 Å². The van der Waals surface area contributed by atoms with Crippen LogP contribution in [0.15, 0.2) is 36.5 Å². The maximum absolute atomic E-state index is 14.3. The average Bonchev–Trinajstić information content (AvgIpc) is 3.34. The molecule has 0 radical (unpaired) electrons. The van der Waals surface area contributed by atoms with Crippen molar-refractivity contribution < 1.29 is 50.3 Å². The van der Waals surface area contributed by atoms with Crippen LogP contribution in [-0.4, -0.2) is 124 Å². The summed E-state index contributed by atoms with van der Waals surface area (Å²) in [6, 6.07) is 5.74. The number of piperidine rings is 1. The highest BCUT2D eigenvalue weighted by Crippen LogP contribution is 2.40. The van der Waals surface area contributed by atoms with Gasteiger partial charge in [-0.3, -0.25) is 39.2 Å². The summed E-state index contributed by atoms with van der Waals surface area (Å²) in [4.78, 5) is 59.2. The molecule has 2 aromatic rings. The second kappa shape index (κ2) is 17.4. The van der Waals surface area contributed by atoms with E-state index in [2.05, 4.69) is 20.9 Å². The predicted octanol–water partition coefficient (Wildman–Crippen LogP) is 4.42. The van der Waals surface area contributed by atoms with Crippen LogP contribution >= 0.6 is 12.2 Å². The molecule has 3 aliphatic heterocycles. The molecule has 1 aliphatic carbocycles. The van der Waals surface area contributed by atoms with E-state index in [4.69, 9.17) is 22.2 Å². The quantitative estimate of drug-likeness (QED) is 0.166. The summed E-state index contributed by atoms with van der Waals surface area (Å²) in [5.41, 5.74) is -2.67. The number of hydrogen-bond acceptors (Lipinski definition) is 11. The molecule has 59 heavy (non-hydrogen) atoms. The average molecular weight is 852 g/mol. The minimum absolute atomic E-state index is 0.0167. The van der Waals surface area contributed by atoms with Crippen LogP contribution in [0.1, 0.15) is 63.6 Å². The van der Waals surface area contributed by atoms with Crippen molar-refractivity contribution in [3.8, 4) is 6.07 Å². The number of carbonyl (C=O) groups is 4. The predicted molar refractivity (Wildman–Crippen MR) is 205 cm³/mol. The van der Waals surface area contributed by atoms with Crippen LogP contribution in [0.3, 0.4) is 0 Å². The van der Waals surface area contributed by atoms with E-state index in [0.717, 1.165) is 16.0 Å². The molecule has 0 bridgehead atoms. The van der Waals surface area contributed by atoms with Crippen LogP contribution in [0.25, 0.3) is 0 Å². The lowest BCUT2D eigenvalue weighted by Crippen LogP contribution is -2.60. The van der Waals surface area contributed by atoms with Gasteiger partial charge in [-0.15, -0.1) is 0 Å². The Balaban J connectivity index is 0.971. The summed E-state index contributed by atoms with van der Waals surface area (Å²) in [7, 11) is 0. The zero-order valence-corrected chi connectivity index (χ0v) is 33.0. The van der Waals surface area contributed by atoms with E-state index >= 15 is 0 Å². The Morgan fingerprint density at radius 1 is 1.05 bits per heavy atom. The molecule has 4 aliphatic rings. The minimum Gasteiger partial charge on any atom is -0.377 e. The van der Waals surface area contributed by atoms with Crippen LogP contribution in [0, 0.1) is 11.3 Å². The number of aromatic nitrogens is 1. The highest BCUT2D eigenvalue weighted by atomic mass is 32.1. The molecule has 3 saturated heterocycles. The van der Waals surface area contributed by atoms with Crippen molar-refractivity contribution in [2.45, 2.75) is 94.5 Å². The van der Waals surface area contributed by atoms with E-state index in [1.54, 1.807) is 47.9 Å². The topological polar surface area (TPSA) is 163 Å². The molecule has 1 saturated carbocycles. The molecule has 0 unspecified atom stereocenters. The second-order valence-electron chi connectivity index (χ2n) is 15.5. The van der Waals surface area contributed by atoms with Crippen LogP contribution in [0.5, 0.6) is 0 Å². The number of thiocarbonyl (C=S) groups is 1. The molecule has 4 heterocycles. The first-order chi connectivity index (χ1) is 27.8. The molecular formula is C38H43F6N9O5S. The Morgan fingerprint density at radius 2 is 1.76 bits per heavy atom. The van der Waals surface area contributed by atoms with Crippen molar-refractivity contribution >= 4 is 58.0 Å². The highest BCUT2D eigenvalue weighted by molar-refractivity contribution is 7.80. The van der Waals surface area contributed by atoms with Crippen LogP contribution in [0.4, 0.5) is 43.4 Å². The van der Waals surface area contributed by atoms with E-state index in [-0.39, 0.29) is 68.1 Å². The Labute approximate surface area is 341 Å². The fraction of sp³-hybridized carbons (Fsp3) is 0.553. The summed E-state index contributed by atoms with van der Waals surface area (Å²) in [6.07, 6.45) is -6.05. The largest absolute Gasteiger partial charge is 0.419 e. The molecule has 1 aromatic carbocycles. The SMILES string of the molecule is CC1(C)C(=O)N(c2cnc(C#N)c(C(F)(F)F)c2)C(=S)N1C1CCC(OCCN2CCN(CC(=O)Nc3cccc(N[C@@H]4CCC(=O)NC4=O)c3)[C@@H](C(F)(F)F)C2)CC1. The molecule has 6 rings (SSSR count). The van der Waals surface area contributed by atoms with Crippen LogP contribution in [-0.2, 0) is 30.1 Å². The number of amides is 4. The van der Waals surface area contributed by atoms with Crippen molar-refractivity contribution in [1.82, 2.24) is 25.0 Å². The molecule has 4 fully saturated rings. The molecule has 1 aromatic heterocycles. The lowest BCUT2D eigenvalue weighted by Gasteiger charge is -2.42. The van der Waals surface area contributed by atoms with Crippen LogP contribution in [0.2, 0.25) is 0 Å². The molecule has 318 valence electrons. The number of nitriles is 1. The van der Waals surface area contributed by atoms with Gasteiger partial charge < -0.3 is 20.3 Å². The Hall–Kier alpha value is -4.91. The number of imide groups is 1. The zero-order valence-electron chi connectivity index (χ0n) is 32.2. The Kier molecular flexibility index (Phi) is 12.8. The standard InChI is InChI=1S/C38H43F6N9O5S/c1-36(2)34(57)52(25-17-27(37(39,40)41)29(18-45)46-19-25)35(59)53(36)24-6-8-26(9-7-24)58-15-14-50-12-13-51(30(20-50)38(42,43)44)21-32(55)48-23-5-3-4-22(16-23)47-28-10-11-31(54)49-33(28)56/h3-5,16-17,19,24,26,28,30,47H,6-15,20-21H2,1-2H3,(H,48,55)(H,49,54,56)/t24?,26?,28-,30-/m1/s1. The summed E-state index contributed by atoms with van der Waals surface area (Å²) < 4.78 is 90.0. The third-order valence-electron chi connectivity index (χ3n) is 11.1. The number of nitrogens with zero attached hydrogens (tertiary/aromatic N) is 6. The second-order valence-corrected chi connectivity index (χ2v) is 15.8. The first-order valence-corrected chi connectivity index (χ1v) is 19.5. The number of nitrogens with one attached hydrogen (secondary N) is 3. The normalized spacial score (nSPS) is 24.5. The number of anilines is 3. The van der Waals surface area contributed by atoms with E-state index < -0.39 is 65.5 Å². The van der Waals surface area contributed by atoms with Crippen molar-refractivity contribution in [3.63, 3.8) is 0 Å². The molecule has 4 amide bonds. The number of halogens is 6. The summed E-state index contributed by atoms with van der Waals surface area (Å²) in [6.45, 7) is 3.06. The van der Waals surface area contributed by atoms with Crippen molar-refractivity contribution in [2.24, 2.45) is 0 Å². The lowest BCUT2D eigenvalue weighted by molar-refractivity contribution is -0.197.